The Morgan fingerprint density at radius 2 is 2.24 bits per heavy atom. The first-order valence-electron chi connectivity index (χ1n) is 6.53. The fourth-order valence-electron chi connectivity index (χ4n) is 2.94. The minimum Gasteiger partial charge on any atom is -0.504 e. The molecule has 17 heavy (non-hydrogen) atoms. The molecule has 1 aromatic carbocycles. The van der Waals surface area contributed by atoms with Crippen molar-refractivity contribution in [3.63, 3.8) is 0 Å². The first-order chi connectivity index (χ1) is 8.34. The van der Waals surface area contributed by atoms with E-state index < -0.39 is 0 Å². The van der Waals surface area contributed by atoms with Gasteiger partial charge < -0.3 is 15.2 Å². The molecule has 2 aliphatic rings. The van der Waals surface area contributed by atoms with Crippen LogP contribution in [-0.2, 0) is 6.42 Å². The molecule has 0 spiro atoms. The molecule has 0 saturated carbocycles. The summed E-state index contributed by atoms with van der Waals surface area (Å²) in [6.45, 7) is 2.18. The minimum absolute atomic E-state index is 0.267. The maximum Gasteiger partial charge on any atom is 0.164 e. The van der Waals surface area contributed by atoms with Gasteiger partial charge >= 0.3 is 0 Å². The van der Waals surface area contributed by atoms with Crippen LogP contribution < -0.4 is 10.1 Å². The maximum absolute atomic E-state index is 9.83. The summed E-state index contributed by atoms with van der Waals surface area (Å²) in [5, 5.41) is 13.3. The molecule has 2 heterocycles. The Morgan fingerprint density at radius 1 is 1.29 bits per heavy atom. The molecule has 2 unspecified atom stereocenters. The van der Waals surface area contributed by atoms with Crippen LogP contribution in [0.15, 0.2) is 18.2 Å². The molecule has 0 radical (unpaired) electrons. The van der Waals surface area contributed by atoms with E-state index in [1.807, 2.05) is 12.1 Å². The summed E-state index contributed by atoms with van der Waals surface area (Å²) >= 11 is 0. The first-order valence-corrected chi connectivity index (χ1v) is 6.53. The zero-order chi connectivity index (χ0) is 11.7. The van der Waals surface area contributed by atoms with Crippen molar-refractivity contribution in [2.45, 2.75) is 31.8 Å². The predicted octanol–water partition coefficient (Wildman–Crippen LogP) is 2.09. The smallest absolute Gasteiger partial charge is 0.164 e. The van der Waals surface area contributed by atoms with E-state index in [2.05, 4.69) is 5.32 Å². The molecule has 2 aliphatic heterocycles. The summed E-state index contributed by atoms with van der Waals surface area (Å²) in [7, 11) is 0. The highest BCUT2D eigenvalue weighted by Crippen LogP contribution is 2.38. The van der Waals surface area contributed by atoms with Crippen molar-refractivity contribution in [2.75, 3.05) is 13.1 Å². The molecule has 3 rings (SSSR count). The van der Waals surface area contributed by atoms with Crippen molar-refractivity contribution in [2.24, 2.45) is 5.92 Å². The Kier molecular flexibility index (Phi) is 2.93. The summed E-state index contributed by atoms with van der Waals surface area (Å²) in [4.78, 5) is 0. The van der Waals surface area contributed by atoms with E-state index in [-0.39, 0.29) is 11.9 Å². The van der Waals surface area contributed by atoms with Crippen LogP contribution in [0.4, 0.5) is 0 Å². The van der Waals surface area contributed by atoms with Crippen LogP contribution in [0, 0.1) is 5.92 Å². The molecule has 3 heteroatoms. The number of ether oxygens (including phenoxy) is 1. The molecule has 2 N–H and O–H groups in total. The van der Waals surface area contributed by atoms with Crippen molar-refractivity contribution in [1.29, 1.82) is 0 Å². The third-order valence-electron chi connectivity index (χ3n) is 3.90. The molecular formula is C14H19NO2. The number of piperidine rings is 1. The standard InChI is InChI=1S/C14H19NO2/c16-12-5-1-3-10-6-7-13(17-14(10)12)11-4-2-8-15-9-11/h1,3,5,11,13,15-16H,2,4,6-9H2. The second-order valence-corrected chi connectivity index (χ2v) is 5.07. The lowest BCUT2D eigenvalue weighted by atomic mass is 9.88. The van der Waals surface area contributed by atoms with Crippen molar-refractivity contribution >= 4 is 0 Å². The van der Waals surface area contributed by atoms with Crippen LogP contribution in [0.3, 0.4) is 0 Å². The predicted molar refractivity (Wildman–Crippen MR) is 66.4 cm³/mol. The van der Waals surface area contributed by atoms with Gasteiger partial charge in [-0.2, -0.15) is 0 Å². The van der Waals surface area contributed by atoms with Gasteiger partial charge in [-0.1, -0.05) is 12.1 Å². The maximum atomic E-state index is 9.83. The number of rotatable bonds is 1. The van der Waals surface area contributed by atoms with E-state index in [0.29, 0.717) is 11.7 Å². The molecule has 1 aromatic rings. The number of fused-ring (bicyclic) bond motifs is 1. The molecule has 0 bridgehead atoms. The van der Waals surface area contributed by atoms with Gasteiger partial charge in [0.15, 0.2) is 11.5 Å². The second-order valence-electron chi connectivity index (χ2n) is 5.07. The van der Waals surface area contributed by atoms with Crippen LogP contribution in [0.25, 0.3) is 0 Å². The van der Waals surface area contributed by atoms with E-state index >= 15 is 0 Å². The quantitative estimate of drug-likeness (QED) is 0.780. The monoisotopic (exact) mass is 233 g/mol. The van der Waals surface area contributed by atoms with Crippen molar-refractivity contribution in [3.05, 3.63) is 23.8 Å². The number of phenolic OH excluding ortho intramolecular Hbond substituents is 1. The lowest BCUT2D eigenvalue weighted by molar-refractivity contribution is 0.0913. The van der Waals surface area contributed by atoms with E-state index in [9.17, 15) is 5.11 Å². The molecule has 92 valence electrons. The number of hydrogen-bond acceptors (Lipinski definition) is 3. The first kappa shape index (κ1) is 10.9. The Bertz CT molecular complexity index is 399. The molecule has 0 aliphatic carbocycles. The van der Waals surface area contributed by atoms with Crippen LogP contribution in [0.2, 0.25) is 0 Å². The number of hydrogen-bond donors (Lipinski definition) is 2. The van der Waals surface area contributed by atoms with Crippen molar-refractivity contribution < 1.29 is 9.84 Å². The number of phenols is 1. The number of para-hydroxylation sites is 1. The molecular weight excluding hydrogens is 214 g/mol. The number of benzene rings is 1. The third-order valence-corrected chi connectivity index (χ3v) is 3.90. The Balaban J connectivity index is 1.77. The zero-order valence-corrected chi connectivity index (χ0v) is 9.98. The molecule has 2 atom stereocenters. The lowest BCUT2D eigenvalue weighted by Crippen LogP contribution is -2.40. The fourth-order valence-corrected chi connectivity index (χ4v) is 2.94. The zero-order valence-electron chi connectivity index (χ0n) is 9.98. The SMILES string of the molecule is Oc1cccc2c1OC(C1CCCNC1)CC2. The van der Waals surface area contributed by atoms with Gasteiger partial charge in [0.2, 0.25) is 0 Å². The third kappa shape index (κ3) is 2.12. The number of nitrogens with one attached hydrogen (secondary N) is 1. The summed E-state index contributed by atoms with van der Waals surface area (Å²) in [5.41, 5.74) is 1.14. The highest BCUT2D eigenvalue weighted by molar-refractivity contribution is 5.46. The Hall–Kier alpha value is -1.22. The van der Waals surface area contributed by atoms with Gasteiger partial charge in [0.25, 0.3) is 0 Å². The summed E-state index contributed by atoms with van der Waals surface area (Å²) in [6, 6.07) is 5.64. The Labute approximate surface area is 102 Å². The summed E-state index contributed by atoms with van der Waals surface area (Å²) in [5.74, 6) is 1.60. The van der Waals surface area contributed by atoms with E-state index in [1.54, 1.807) is 6.07 Å². The van der Waals surface area contributed by atoms with Gasteiger partial charge in [-0.15, -0.1) is 0 Å². The molecule has 0 amide bonds. The molecule has 0 aromatic heterocycles. The van der Waals surface area contributed by atoms with Crippen LogP contribution in [-0.4, -0.2) is 24.3 Å². The van der Waals surface area contributed by atoms with Gasteiger partial charge in [0.05, 0.1) is 0 Å². The molecule has 3 nitrogen and oxygen atoms in total. The van der Waals surface area contributed by atoms with Gasteiger partial charge in [0.1, 0.15) is 6.10 Å². The van der Waals surface area contributed by atoms with Gasteiger partial charge in [0, 0.05) is 12.5 Å². The number of aryl methyl sites for hydroxylation is 1. The fraction of sp³-hybridized carbons (Fsp3) is 0.571. The van der Waals surface area contributed by atoms with E-state index in [1.165, 1.54) is 12.8 Å². The number of aromatic hydroxyl groups is 1. The van der Waals surface area contributed by atoms with Crippen LogP contribution >= 0.6 is 0 Å². The largest absolute Gasteiger partial charge is 0.504 e. The van der Waals surface area contributed by atoms with Gasteiger partial charge in [-0.05, 0) is 43.9 Å². The van der Waals surface area contributed by atoms with Gasteiger partial charge in [-0.25, -0.2) is 0 Å². The highest BCUT2D eigenvalue weighted by atomic mass is 16.5. The van der Waals surface area contributed by atoms with Crippen molar-refractivity contribution in [1.82, 2.24) is 5.32 Å². The summed E-state index contributed by atoms with van der Waals surface area (Å²) < 4.78 is 6.01. The second kappa shape index (κ2) is 4.57. The molecule has 1 saturated heterocycles. The van der Waals surface area contributed by atoms with Crippen molar-refractivity contribution in [3.8, 4) is 11.5 Å². The Morgan fingerprint density at radius 3 is 3.06 bits per heavy atom. The topological polar surface area (TPSA) is 41.5 Å². The normalized spacial score (nSPS) is 28.2. The van der Waals surface area contributed by atoms with E-state index in [0.717, 1.165) is 31.5 Å². The average molecular weight is 233 g/mol. The van der Waals surface area contributed by atoms with E-state index in [4.69, 9.17) is 4.74 Å². The van der Waals surface area contributed by atoms with Crippen LogP contribution in [0.5, 0.6) is 11.5 Å². The minimum atomic E-state index is 0.267. The molecule has 1 fully saturated rings. The highest BCUT2D eigenvalue weighted by Gasteiger charge is 2.29. The lowest BCUT2D eigenvalue weighted by Gasteiger charge is -2.34. The average Bonchev–Trinajstić information content (AvgIpc) is 2.40. The van der Waals surface area contributed by atoms with Gasteiger partial charge in [-0.3, -0.25) is 0 Å². The van der Waals surface area contributed by atoms with Crippen LogP contribution in [0.1, 0.15) is 24.8 Å². The summed E-state index contributed by atoms with van der Waals surface area (Å²) in [6.07, 6.45) is 4.83.